The highest BCUT2D eigenvalue weighted by Gasteiger charge is 2.48. The summed E-state index contributed by atoms with van der Waals surface area (Å²) in [6, 6.07) is 12.6. The highest BCUT2D eigenvalue weighted by Crippen LogP contribution is 2.40. The lowest BCUT2D eigenvalue weighted by atomic mass is 10.1. The molecule has 1 fully saturated rings. The van der Waals surface area contributed by atoms with Crippen molar-refractivity contribution in [2.45, 2.75) is 19.8 Å². The van der Waals surface area contributed by atoms with Gasteiger partial charge in [-0.2, -0.15) is 0 Å². The second-order valence-corrected chi connectivity index (χ2v) is 6.95. The molecule has 0 saturated heterocycles. The molecular weight excluding hydrogens is 359 g/mol. The molecule has 0 aromatic heterocycles. The fourth-order valence-electron chi connectivity index (χ4n) is 2.65. The molecule has 2 unspecified atom stereocenters. The molecular formula is C19H18Cl2N2O2. The molecule has 0 bridgehead atoms. The fraction of sp³-hybridized carbons (Fsp3) is 0.263. The fourth-order valence-corrected chi connectivity index (χ4v) is 2.99. The van der Waals surface area contributed by atoms with Crippen LogP contribution in [0.4, 0.5) is 11.4 Å². The third-order valence-electron chi connectivity index (χ3n) is 4.28. The first-order valence-electron chi connectivity index (χ1n) is 8.13. The molecule has 4 nitrogen and oxygen atoms in total. The van der Waals surface area contributed by atoms with Crippen LogP contribution in [0.5, 0.6) is 0 Å². The van der Waals surface area contributed by atoms with Gasteiger partial charge in [0.1, 0.15) is 0 Å². The van der Waals surface area contributed by atoms with Gasteiger partial charge in [0.2, 0.25) is 11.8 Å². The van der Waals surface area contributed by atoms with Crippen molar-refractivity contribution in [3.63, 3.8) is 0 Å². The van der Waals surface area contributed by atoms with Crippen molar-refractivity contribution in [3.8, 4) is 0 Å². The second kappa shape index (κ2) is 7.46. The first kappa shape index (κ1) is 17.8. The average Bonchev–Trinajstić information content (AvgIpc) is 3.40. The maximum atomic E-state index is 12.3. The average molecular weight is 377 g/mol. The predicted octanol–water partition coefficient (Wildman–Crippen LogP) is 4.77. The number of aryl methyl sites for hydroxylation is 1. The Morgan fingerprint density at radius 1 is 1.00 bits per heavy atom. The molecule has 1 saturated carbocycles. The number of hydrogen-bond donors (Lipinski definition) is 2. The van der Waals surface area contributed by atoms with Crippen molar-refractivity contribution in [1.82, 2.24) is 0 Å². The van der Waals surface area contributed by atoms with Gasteiger partial charge in [-0.1, -0.05) is 42.3 Å². The molecule has 0 heterocycles. The summed E-state index contributed by atoms with van der Waals surface area (Å²) in [5, 5.41) is 6.50. The van der Waals surface area contributed by atoms with Gasteiger partial charge in [0.25, 0.3) is 0 Å². The highest BCUT2D eigenvalue weighted by atomic mass is 35.5. The number of carbonyl (C=O) groups is 2. The van der Waals surface area contributed by atoms with Gasteiger partial charge >= 0.3 is 0 Å². The lowest BCUT2D eigenvalue weighted by Gasteiger charge is -2.08. The Labute approximate surface area is 156 Å². The Balaban J connectivity index is 1.56. The summed E-state index contributed by atoms with van der Waals surface area (Å²) >= 11 is 12.0. The molecule has 2 aromatic carbocycles. The lowest BCUT2D eigenvalue weighted by Crippen LogP contribution is -2.20. The van der Waals surface area contributed by atoms with Gasteiger partial charge in [0, 0.05) is 10.7 Å². The molecule has 6 heteroatoms. The zero-order valence-electron chi connectivity index (χ0n) is 13.7. The van der Waals surface area contributed by atoms with Crippen LogP contribution in [0, 0.1) is 11.8 Å². The lowest BCUT2D eigenvalue weighted by molar-refractivity contribution is -0.122. The van der Waals surface area contributed by atoms with E-state index in [1.54, 1.807) is 18.2 Å². The minimum absolute atomic E-state index is 0.137. The number of benzene rings is 2. The molecule has 0 radical (unpaired) electrons. The summed E-state index contributed by atoms with van der Waals surface area (Å²) in [7, 11) is 0. The molecule has 25 heavy (non-hydrogen) atoms. The molecule has 0 aliphatic heterocycles. The summed E-state index contributed by atoms with van der Waals surface area (Å²) in [4.78, 5) is 24.6. The van der Waals surface area contributed by atoms with Crippen LogP contribution >= 0.6 is 23.2 Å². The Morgan fingerprint density at radius 3 is 2.28 bits per heavy atom. The monoisotopic (exact) mass is 376 g/mol. The molecule has 2 aromatic rings. The van der Waals surface area contributed by atoms with Crippen LogP contribution in [0.3, 0.4) is 0 Å². The van der Waals surface area contributed by atoms with E-state index in [0.29, 0.717) is 22.2 Å². The van der Waals surface area contributed by atoms with Gasteiger partial charge in [-0.3, -0.25) is 9.59 Å². The van der Waals surface area contributed by atoms with E-state index in [1.807, 2.05) is 24.3 Å². The minimum Gasteiger partial charge on any atom is -0.326 e. The van der Waals surface area contributed by atoms with E-state index >= 15 is 0 Å². The summed E-state index contributed by atoms with van der Waals surface area (Å²) in [6.45, 7) is 2.08. The zero-order chi connectivity index (χ0) is 18.0. The topological polar surface area (TPSA) is 58.2 Å². The van der Waals surface area contributed by atoms with Crippen molar-refractivity contribution in [2.75, 3.05) is 10.6 Å². The Kier molecular flexibility index (Phi) is 5.30. The van der Waals surface area contributed by atoms with Crippen molar-refractivity contribution in [3.05, 3.63) is 58.1 Å². The van der Waals surface area contributed by atoms with E-state index in [1.165, 1.54) is 5.56 Å². The number of nitrogens with one attached hydrogen (secondary N) is 2. The predicted molar refractivity (Wildman–Crippen MR) is 101 cm³/mol. The first-order chi connectivity index (χ1) is 12.0. The molecule has 130 valence electrons. The number of hydrogen-bond acceptors (Lipinski definition) is 2. The Morgan fingerprint density at radius 2 is 1.64 bits per heavy atom. The number of rotatable bonds is 5. The molecule has 2 atom stereocenters. The Hall–Kier alpha value is -2.04. The largest absolute Gasteiger partial charge is 0.326 e. The normalized spacial score (nSPS) is 18.5. The smallest absolute Gasteiger partial charge is 0.228 e. The van der Waals surface area contributed by atoms with Crippen molar-refractivity contribution < 1.29 is 9.59 Å². The highest BCUT2D eigenvalue weighted by molar-refractivity contribution is 6.35. The van der Waals surface area contributed by atoms with Gasteiger partial charge in [0.05, 0.1) is 22.5 Å². The first-order valence-corrected chi connectivity index (χ1v) is 8.89. The summed E-state index contributed by atoms with van der Waals surface area (Å²) < 4.78 is 0. The number of anilines is 2. The van der Waals surface area contributed by atoms with Crippen LogP contribution in [0.2, 0.25) is 10.0 Å². The number of halogens is 2. The Bertz CT molecular complexity index is 806. The van der Waals surface area contributed by atoms with E-state index in [4.69, 9.17) is 23.2 Å². The van der Waals surface area contributed by atoms with Crippen molar-refractivity contribution in [2.24, 2.45) is 11.8 Å². The maximum absolute atomic E-state index is 12.3. The number of carbonyl (C=O) groups excluding carboxylic acids is 2. The van der Waals surface area contributed by atoms with Gasteiger partial charge in [-0.25, -0.2) is 0 Å². The van der Waals surface area contributed by atoms with Gasteiger partial charge in [-0.05, 0) is 48.7 Å². The van der Waals surface area contributed by atoms with Crippen LogP contribution < -0.4 is 10.6 Å². The van der Waals surface area contributed by atoms with Crippen LogP contribution in [-0.2, 0) is 16.0 Å². The summed E-state index contributed by atoms with van der Waals surface area (Å²) in [5.41, 5.74) is 2.41. The SMILES string of the molecule is CCc1ccc(NC(=O)C2CC2C(=O)Nc2cc(Cl)ccc2Cl)cc1. The van der Waals surface area contributed by atoms with Crippen LogP contribution in [0.1, 0.15) is 18.9 Å². The van der Waals surface area contributed by atoms with E-state index in [-0.39, 0.29) is 23.7 Å². The zero-order valence-corrected chi connectivity index (χ0v) is 15.2. The second-order valence-electron chi connectivity index (χ2n) is 6.10. The van der Waals surface area contributed by atoms with Crippen LogP contribution in [0.25, 0.3) is 0 Å². The van der Waals surface area contributed by atoms with E-state index in [0.717, 1.165) is 12.1 Å². The maximum Gasteiger partial charge on any atom is 0.228 e. The van der Waals surface area contributed by atoms with Crippen molar-refractivity contribution in [1.29, 1.82) is 0 Å². The molecule has 3 rings (SSSR count). The van der Waals surface area contributed by atoms with Gasteiger partial charge < -0.3 is 10.6 Å². The summed E-state index contributed by atoms with van der Waals surface area (Å²) in [5.74, 6) is -1.01. The third kappa shape index (κ3) is 4.33. The van der Waals surface area contributed by atoms with E-state index < -0.39 is 0 Å². The third-order valence-corrected chi connectivity index (χ3v) is 4.84. The van der Waals surface area contributed by atoms with Gasteiger partial charge in [-0.15, -0.1) is 0 Å². The van der Waals surface area contributed by atoms with Crippen LogP contribution in [-0.4, -0.2) is 11.8 Å². The molecule has 2 amide bonds. The van der Waals surface area contributed by atoms with E-state index in [2.05, 4.69) is 17.6 Å². The summed E-state index contributed by atoms with van der Waals surface area (Å²) in [6.07, 6.45) is 1.48. The standard InChI is InChI=1S/C19H18Cl2N2O2/c1-2-11-3-6-13(7-4-11)22-18(24)14-10-15(14)19(25)23-17-9-12(20)5-8-16(17)21/h3-9,14-15H,2,10H2,1H3,(H,22,24)(H,23,25). The minimum atomic E-state index is -0.343. The van der Waals surface area contributed by atoms with Crippen molar-refractivity contribution >= 4 is 46.4 Å². The van der Waals surface area contributed by atoms with E-state index in [9.17, 15) is 9.59 Å². The molecule has 1 aliphatic rings. The molecule has 1 aliphatic carbocycles. The molecule has 0 spiro atoms. The molecule has 2 N–H and O–H groups in total. The van der Waals surface area contributed by atoms with Gasteiger partial charge in [0.15, 0.2) is 0 Å². The van der Waals surface area contributed by atoms with Crippen LogP contribution in [0.15, 0.2) is 42.5 Å². The quantitative estimate of drug-likeness (QED) is 0.789. The number of amides is 2.